The first-order chi connectivity index (χ1) is 16.3. The Bertz CT molecular complexity index is 1270. The second kappa shape index (κ2) is 9.94. The predicted octanol–water partition coefficient (Wildman–Crippen LogP) is 1.46. The van der Waals surface area contributed by atoms with Crippen LogP contribution in [0.1, 0.15) is 31.2 Å². The Kier molecular flexibility index (Phi) is 6.98. The van der Waals surface area contributed by atoms with Crippen molar-refractivity contribution in [1.29, 1.82) is 0 Å². The van der Waals surface area contributed by atoms with Gasteiger partial charge in [-0.15, -0.1) is 0 Å². The smallest absolute Gasteiger partial charge is 0.303 e. The number of amides is 2. The number of piperidine rings is 1. The van der Waals surface area contributed by atoms with E-state index in [1.807, 2.05) is 4.90 Å². The molecule has 0 spiro atoms. The molecular weight excluding hydrogens is 478 g/mol. The highest BCUT2D eigenvalue weighted by molar-refractivity contribution is 8.26. The minimum atomic E-state index is -0.944. The summed E-state index contributed by atoms with van der Waals surface area (Å²) in [5, 5.41) is 8.86. The van der Waals surface area contributed by atoms with Crippen LogP contribution < -0.4 is 16.2 Å². The van der Waals surface area contributed by atoms with Gasteiger partial charge in [-0.25, -0.2) is 4.98 Å². The van der Waals surface area contributed by atoms with E-state index in [9.17, 15) is 19.2 Å². The second-order valence-electron chi connectivity index (χ2n) is 8.08. The number of nitrogens with two attached hydrogens (primary N) is 1. The maximum Gasteiger partial charge on any atom is 0.303 e. The van der Waals surface area contributed by atoms with Crippen LogP contribution in [0.5, 0.6) is 0 Å². The van der Waals surface area contributed by atoms with Gasteiger partial charge in [0.05, 0.1) is 10.5 Å². The van der Waals surface area contributed by atoms with E-state index in [0.29, 0.717) is 41.7 Å². The number of nitrogens with zero attached hydrogens (tertiary/aromatic N) is 4. The number of carbonyl (C=O) groups excluding carboxylic acids is 2. The molecule has 12 heteroatoms. The number of carbonyl (C=O) groups is 3. The standard InChI is InChI=1S/C22H23N5O5S2/c23-18(30)13-6-10-25(11-7-13)19-14(20(31)26-8-2-1-4-16(26)24-19)12-15-21(32)27(22(33)34-15)9-3-5-17(28)29/h1-2,4,8,12-13H,3,5-7,9-11H2,(H2,23,30)(H,28,29). The van der Waals surface area contributed by atoms with Gasteiger partial charge in [0.25, 0.3) is 11.5 Å². The fraction of sp³-hybridized carbons (Fsp3) is 0.364. The van der Waals surface area contributed by atoms with Crippen LogP contribution in [0, 0.1) is 5.92 Å². The summed E-state index contributed by atoms with van der Waals surface area (Å²) in [4.78, 5) is 57.1. The molecule has 0 radical (unpaired) electrons. The van der Waals surface area contributed by atoms with Gasteiger partial charge in [-0.3, -0.25) is 28.5 Å². The number of primary amides is 1. The van der Waals surface area contributed by atoms with E-state index in [1.54, 1.807) is 24.4 Å². The molecule has 0 bridgehead atoms. The number of fused-ring (bicyclic) bond motifs is 1. The first-order valence-electron chi connectivity index (χ1n) is 10.8. The summed E-state index contributed by atoms with van der Waals surface area (Å²) in [7, 11) is 0. The van der Waals surface area contributed by atoms with Gasteiger partial charge in [-0.2, -0.15) is 0 Å². The minimum Gasteiger partial charge on any atom is -0.481 e. The lowest BCUT2D eigenvalue weighted by Gasteiger charge is -2.32. The SMILES string of the molecule is NC(=O)C1CCN(c2nc3ccccn3c(=O)c2C=C2SC(=S)N(CCCC(=O)O)C2=O)CC1. The van der Waals surface area contributed by atoms with Crippen LogP contribution in [-0.2, 0) is 14.4 Å². The first kappa shape index (κ1) is 23.9. The Morgan fingerprint density at radius 3 is 2.68 bits per heavy atom. The number of rotatable bonds is 7. The van der Waals surface area contributed by atoms with Crippen LogP contribution in [0.15, 0.2) is 34.1 Å². The maximum atomic E-state index is 13.4. The number of hydrogen-bond acceptors (Lipinski definition) is 8. The fourth-order valence-electron chi connectivity index (χ4n) is 4.05. The molecule has 2 aromatic heterocycles. The van der Waals surface area contributed by atoms with E-state index in [0.717, 1.165) is 11.8 Å². The van der Waals surface area contributed by atoms with Gasteiger partial charge >= 0.3 is 5.97 Å². The van der Waals surface area contributed by atoms with E-state index in [2.05, 4.69) is 0 Å². The lowest BCUT2D eigenvalue weighted by molar-refractivity contribution is -0.137. The van der Waals surface area contributed by atoms with Gasteiger partial charge in [0, 0.05) is 38.2 Å². The zero-order valence-corrected chi connectivity index (χ0v) is 19.8. The number of anilines is 1. The molecule has 2 amide bonds. The third-order valence-electron chi connectivity index (χ3n) is 5.87. The molecule has 34 heavy (non-hydrogen) atoms. The first-order valence-corrected chi connectivity index (χ1v) is 12.0. The predicted molar refractivity (Wildman–Crippen MR) is 132 cm³/mol. The van der Waals surface area contributed by atoms with Gasteiger partial charge in [-0.05, 0) is 37.5 Å². The third-order valence-corrected chi connectivity index (χ3v) is 7.24. The number of aliphatic carboxylic acids is 1. The summed E-state index contributed by atoms with van der Waals surface area (Å²) < 4.78 is 1.73. The molecule has 2 aromatic rings. The monoisotopic (exact) mass is 501 g/mol. The van der Waals surface area contributed by atoms with Crippen LogP contribution in [0.4, 0.5) is 5.82 Å². The van der Waals surface area contributed by atoms with Crippen molar-refractivity contribution in [3.63, 3.8) is 0 Å². The largest absolute Gasteiger partial charge is 0.481 e. The highest BCUT2D eigenvalue weighted by Crippen LogP contribution is 2.34. The van der Waals surface area contributed by atoms with Crippen molar-refractivity contribution in [3.05, 3.63) is 45.2 Å². The highest BCUT2D eigenvalue weighted by atomic mass is 32.2. The van der Waals surface area contributed by atoms with E-state index >= 15 is 0 Å². The molecule has 3 N–H and O–H groups in total. The normalized spacial score (nSPS) is 18.3. The molecule has 10 nitrogen and oxygen atoms in total. The molecule has 2 aliphatic rings. The second-order valence-corrected chi connectivity index (χ2v) is 9.75. The molecule has 2 saturated heterocycles. The minimum absolute atomic E-state index is 0.0720. The van der Waals surface area contributed by atoms with Gasteiger partial charge in [-0.1, -0.05) is 30.0 Å². The van der Waals surface area contributed by atoms with E-state index < -0.39 is 5.97 Å². The van der Waals surface area contributed by atoms with E-state index in [4.69, 9.17) is 28.0 Å². The van der Waals surface area contributed by atoms with Crippen molar-refractivity contribution in [3.8, 4) is 0 Å². The molecule has 0 aromatic carbocycles. The molecular formula is C22H23N5O5S2. The van der Waals surface area contributed by atoms with Crippen molar-refractivity contribution in [2.45, 2.75) is 25.7 Å². The quantitative estimate of drug-likeness (QED) is 0.426. The molecule has 2 aliphatic heterocycles. The van der Waals surface area contributed by atoms with Gasteiger partial charge in [0.15, 0.2) is 0 Å². The Labute approximate surface area is 204 Å². The van der Waals surface area contributed by atoms with Gasteiger partial charge in [0.1, 0.15) is 15.8 Å². The summed E-state index contributed by atoms with van der Waals surface area (Å²) in [5.41, 5.74) is 5.86. The maximum absolute atomic E-state index is 13.4. The van der Waals surface area contributed by atoms with E-state index in [1.165, 1.54) is 15.4 Å². The molecule has 0 saturated carbocycles. The van der Waals surface area contributed by atoms with Crippen molar-refractivity contribution >= 4 is 63.6 Å². The molecule has 4 heterocycles. The molecule has 0 aliphatic carbocycles. The number of thiocarbonyl (C=S) groups is 1. The van der Waals surface area contributed by atoms with E-state index in [-0.39, 0.29) is 53.1 Å². The molecule has 0 unspecified atom stereocenters. The molecule has 4 rings (SSSR count). The number of pyridine rings is 1. The zero-order valence-electron chi connectivity index (χ0n) is 18.2. The average molecular weight is 502 g/mol. The number of thioether (sulfide) groups is 1. The number of carboxylic acid groups (broad SMARTS) is 1. The summed E-state index contributed by atoms with van der Waals surface area (Å²) in [6.07, 6.45) is 4.43. The Hall–Kier alpha value is -3.25. The molecule has 2 fully saturated rings. The van der Waals surface area contributed by atoms with Crippen LogP contribution in [0.25, 0.3) is 11.7 Å². The third kappa shape index (κ3) is 4.82. The Morgan fingerprint density at radius 1 is 1.26 bits per heavy atom. The van der Waals surface area contributed by atoms with Crippen LogP contribution in [0.2, 0.25) is 0 Å². The summed E-state index contributed by atoms with van der Waals surface area (Å²) >= 11 is 6.40. The Balaban J connectivity index is 1.70. The lowest BCUT2D eigenvalue weighted by Crippen LogP contribution is -2.40. The summed E-state index contributed by atoms with van der Waals surface area (Å²) in [5.74, 6) is -1.42. The number of carboxylic acids is 1. The fourth-order valence-corrected chi connectivity index (χ4v) is 5.34. The van der Waals surface area contributed by atoms with Crippen molar-refractivity contribution in [2.24, 2.45) is 11.7 Å². The Morgan fingerprint density at radius 2 is 2.00 bits per heavy atom. The van der Waals surface area contributed by atoms with Crippen LogP contribution in [0.3, 0.4) is 0 Å². The lowest BCUT2D eigenvalue weighted by atomic mass is 9.96. The van der Waals surface area contributed by atoms with Gasteiger partial charge < -0.3 is 15.7 Å². The van der Waals surface area contributed by atoms with Crippen molar-refractivity contribution in [2.75, 3.05) is 24.5 Å². The highest BCUT2D eigenvalue weighted by Gasteiger charge is 2.33. The van der Waals surface area contributed by atoms with Crippen LogP contribution >= 0.6 is 24.0 Å². The number of hydrogen-bond donors (Lipinski definition) is 2. The molecule has 178 valence electrons. The molecule has 0 atom stereocenters. The topological polar surface area (TPSA) is 138 Å². The van der Waals surface area contributed by atoms with Gasteiger partial charge in [0.2, 0.25) is 5.91 Å². The summed E-state index contributed by atoms with van der Waals surface area (Å²) in [6, 6.07) is 5.24. The zero-order chi connectivity index (χ0) is 24.4. The number of aromatic nitrogens is 2. The van der Waals surface area contributed by atoms with Crippen molar-refractivity contribution < 1.29 is 19.5 Å². The summed E-state index contributed by atoms with van der Waals surface area (Å²) in [6.45, 7) is 1.19. The average Bonchev–Trinajstić information content (AvgIpc) is 3.08. The van der Waals surface area contributed by atoms with Crippen LogP contribution in [-0.4, -0.2) is 61.1 Å². The van der Waals surface area contributed by atoms with Crippen molar-refractivity contribution in [1.82, 2.24) is 14.3 Å².